The number of oxime groups is 1. The number of hydrogen-bond donors (Lipinski definition) is 3. The average Bonchev–Trinajstić information content (AvgIpc) is 2.92. The smallest absolute Gasteiger partial charge is 0.137 e. The molecule has 2 aromatic rings. The predicted molar refractivity (Wildman–Crippen MR) is 91.5 cm³/mol. The molecule has 0 aliphatic rings. The van der Waals surface area contributed by atoms with E-state index in [4.69, 9.17) is 0 Å². The van der Waals surface area contributed by atoms with Crippen LogP contribution in [0, 0.1) is 0 Å². The van der Waals surface area contributed by atoms with E-state index in [0.717, 1.165) is 16.7 Å². The summed E-state index contributed by atoms with van der Waals surface area (Å²) < 4.78 is 0. The standard InChI is InChI=1S/C18H25N3O2/c1-17(2,3)12-9-11(10-13(16(12)22)18(4,5)6)15(21-23)14-7-8-19-20-14/h7-10,22-23H,1-6H3,(H,19,20). The molecule has 0 aliphatic heterocycles. The highest BCUT2D eigenvalue weighted by Gasteiger charge is 2.28. The summed E-state index contributed by atoms with van der Waals surface area (Å²) in [5, 5.41) is 30.5. The Kier molecular flexibility index (Phi) is 4.24. The molecule has 0 atom stereocenters. The number of benzene rings is 1. The van der Waals surface area contributed by atoms with Crippen LogP contribution in [0.1, 0.15) is 63.9 Å². The van der Waals surface area contributed by atoms with Gasteiger partial charge < -0.3 is 10.3 Å². The first-order valence-corrected chi connectivity index (χ1v) is 7.66. The van der Waals surface area contributed by atoms with Crippen LogP contribution >= 0.6 is 0 Å². The molecular weight excluding hydrogens is 290 g/mol. The van der Waals surface area contributed by atoms with Crippen molar-refractivity contribution >= 4 is 5.71 Å². The molecular formula is C18H25N3O2. The van der Waals surface area contributed by atoms with Gasteiger partial charge in [0.2, 0.25) is 0 Å². The third kappa shape index (κ3) is 3.38. The third-order valence-corrected chi connectivity index (χ3v) is 3.84. The van der Waals surface area contributed by atoms with Crippen LogP contribution in [0.3, 0.4) is 0 Å². The van der Waals surface area contributed by atoms with E-state index in [1.807, 2.05) is 53.7 Å². The van der Waals surface area contributed by atoms with E-state index in [2.05, 4.69) is 15.4 Å². The van der Waals surface area contributed by atoms with Gasteiger partial charge >= 0.3 is 0 Å². The van der Waals surface area contributed by atoms with Crippen LogP contribution in [-0.4, -0.2) is 26.2 Å². The van der Waals surface area contributed by atoms with Crippen molar-refractivity contribution in [3.05, 3.63) is 46.8 Å². The van der Waals surface area contributed by atoms with Crippen LogP contribution in [0.4, 0.5) is 0 Å². The Bertz CT molecular complexity index is 683. The Hall–Kier alpha value is -2.30. The molecule has 0 fully saturated rings. The Morgan fingerprint density at radius 1 is 1.04 bits per heavy atom. The fourth-order valence-electron chi connectivity index (χ4n) is 2.56. The number of H-pyrrole nitrogens is 1. The van der Waals surface area contributed by atoms with Crippen molar-refractivity contribution in [3.8, 4) is 5.75 Å². The van der Waals surface area contributed by atoms with Gasteiger partial charge in [-0.2, -0.15) is 5.10 Å². The molecule has 1 aromatic carbocycles. The summed E-state index contributed by atoms with van der Waals surface area (Å²) in [6, 6.07) is 5.48. The number of aromatic nitrogens is 2. The van der Waals surface area contributed by atoms with Gasteiger partial charge in [0, 0.05) is 22.9 Å². The summed E-state index contributed by atoms with van der Waals surface area (Å²) in [6.45, 7) is 12.3. The maximum Gasteiger partial charge on any atom is 0.137 e. The second-order valence-corrected chi connectivity index (χ2v) is 7.83. The van der Waals surface area contributed by atoms with Crippen molar-refractivity contribution in [2.24, 2.45) is 5.16 Å². The van der Waals surface area contributed by atoms with Crippen LogP contribution in [0.2, 0.25) is 0 Å². The van der Waals surface area contributed by atoms with Crippen molar-refractivity contribution in [2.45, 2.75) is 52.4 Å². The SMILES string of the molecule is CC(C)(C)c1cc(C(=NO)c2cc[nH]n2)cc(C(C)(C)C)c1O. The van der Waals surface area contributed by atoms with Crippen LogP contribution in [0.15, 0.2) is 29.6 Å². The van der Waals surface area contributed by atoms with Gasteiger partial charge in [0.25, 0.3) is 0 Å². The first-order valence-electron chi connectivity index (χ1n) is 7.66. The molecule has 0 unspecified atom stereocenters. The van der Waals surface area contributed by atoms with Gasteiger partial charge in [0.05, 0.1) is 0 Å². The molecule has 0 spiro atoms. The lowest BCUT2D eigenvalue weighted by atomic mass is 9.78. The summed E-state index contributed by atoms with van der Waals surface area (Å²) in [5.74, 6) is 0.299. The van der Waals surface area contributed by atoms with Gasteiger partial charge in [0.1, 0.15) is 17.2 Å². The highest BCUT2D eigenvalue weighted by Crippen LogP contribution is 2.40. The molecule has 5 nitrogen and oxygen atoms in total. The zero-order valence-corrected chi connectivity index (χ0v) is 14.6. The van der Waals surface area contributed by atoms with Crippen LogP contribution < -0.4 is 0 Å². The molecule has 0 radical (unpaired) electrons. The summed E-state index contributed by atoms with van der Waals surface area (Å²) in [4.78, 5) is 0. The van der Waals surface area contributed by atoms with Crippen LogP contribution in [-0.2, 0) is 10.8 Å². The van der Waals surface area contributed by atoms with E-state index in [0.29, 0.717) is 17.2 Å². The van der Waals surface area contributed by atoms with Gasteiger partial charge in [-0.1, -0.05) is 46.7 Å². The molecule has 23 heavy (non-hydrogen) atoms. The maximum absolute atomic E-state index is 10.7. The molecule has 5 heteroatoms. The van der Waals surface area contributed by atoms with Crippen molar-refractivity contribution in [1.82, 2.24) is 10.2 Å². The first-order chi connectivity index (χ1) is 10.6. The third-order valence-electron chi connectivity index (χ3n) is 3.84. The van der Waals surface area contributed by atoms with Crippen molar-refractivity contribution < 1.29 is 10.3 Å². The van der Waals surface area contributed by atoms with Crippen molar-refractivity contribution in [2.75, 3.05) is 0 Å². The lowest BCUT2D eigenvalue weighted by Gasteiger charge is -2.28. The van der Waals surface area contributed by atoms with Crippen LogP contribution in [0.5, 0.6) is 5.75 Å². The lowest BCUT2D eigenvalue weighted by molar-refractivity contribution is 0.319. The second-order valence-electron chi connectivity index (χ2n) is 7.83. The monoisotopic (exact) mass is 315 g/mol. The number of nitrogens with zero attached hydrogens (tertiary/aromatic N) is 2. The fourth-order valence-corrected chi connectivity index (χ4v) is 2.56. The number of phenolic OH excluding ortho intramolecular Hbond substituents is 1. The Morgan fingerprint density at radius 2 is 1.57 bits per heavy atom. The lowest BCUT2D eigenvalue weighted by Crippen LogP contribution is -2.19. The molecule has 0 aliphatic carbocycles. The molecule has 0 amide bonds. The summed E-state index contributed by atoms with van der Waals surface area (Å²) in [5.41, 5.74) is 2.80. The van der Waals surface area contributed by atoms with E-state index in [9.17, 15) is 10.3 Å². The number of hydrogen-bond acceptors (Lipinski definition) is 4. The van der Waals surface area contributed by atoms with Gasteiger partial charge in [0.15, 0.2) is 0 Å². The van der Waals surface area contributed by atoms with Crippen LogP contribution in [0.25, 0.3) is 0 Å². The number of rotatable bonds is 2. The maximum atomic E-state index is 10.7. The molecule has 2 rings (SSSR count). The average molecular weight is 315 g/mol. The van der Waals surface area contributed by atoms with E-state index < -0.39 is 0 Å². The fraction of sp³-hybridized carbons (Fsp3) is 0.444. The van der Waals surface area contributed by atoms with Gasteiger partial charge in [-0.15, -0.1) is 0 Å². The van der Waals surface area contributed by atoms with E-state index in [1.165, 1.54) is 0 Å². The van der Waals surface area contributed by atoms with Crippen molar-refractivity contribution in [1.29, 1.82) is 0 Å². The number of phenols is 1. The topological polar surface area (TPSA) is 81.5 Å². The van der Waals surface area contributed by atoms with E-state index in [1.54, 1.807) is 12.3 Å². The summed E-state index contributed by atoms with van der Waals surface area (Å²) in [7, 11) is 0. The summed E-state index contributed by atoms with van der Waals surface area (Å²) in [6.07, 6.45) is 1.68. The van der Waals surface area contributed by atoms with Crippen molar-refractivity contribution in [3.63, 3.8) is 0 Å². The Labute approximate surface area is 137 Å². The zero-order valence-electron chi connectivity index (χ0n) is 14.6. The first kappa shape index (κ1) is 17.1. The van der Waals surface area contributed by atoms with Gasteiger partial charge in [-0.3, -0.25) is 5.10 Å². The predicted octanol–water partition coefficient (Wildman–Crippen LogP) is 3.94. The molecule has 0 bridgehead atoms. The Morgan fingerprint density at radius 3 is 1.91 bits per heavy atom. The van der Waals surface area contributed by atoms with E-state index >= 15 is 0 Å². The van der Waals surface area contributed by atoms with Gasteiger partial charge in [-0.25, -0.2) is 0 Å². The summed E-state index contributed by atoms with van der Waals surface area (Å²) >= 11 is 0. The number of aromatic amines is 1. The number of nitrogens with one attached hydrogen (secondary N) is 1. The van der Waals surface area contributed by atoms with Gasteiger partial charge in [-0.05, 0) is 29.0 Å². The zero-order chi connectivity index (χ0) is 17.4. The quantitative estimate of drug-likeness (QED) is 0.446. The highest BCUT2D eigenvalue weighted by molar-refractivity contribution is 6.11. The normalized spacial score (nSPS) is 13.4. The molecule has 1 aromatic heterocycles. The molecule has 0 saturated carbocycles. The Balaban J connectivity index is 2.75. The van der Waals surface area contributed by atoms with E-state index in [-0.39, 0.29) is 10.8 Å². The number of aromatic hydroxyl groups is 1. The highest BCUT2D eigenvalue weighted by atomic mass is 16.4. The minimum Gasteiger partial charge on any atom is -0.507 e. The second kappa shape index (κ2) is 5.72. The minimum atomic E-state index is -0.244. The molecule has 124 valence electrons. The molecule has 3 N–H and O–H groups in total. The molecule has 0 saturated heterocycles. The minimum absolute atomic E-state index is 0.244. The largest absolute Gasteiger partial charge is 0.507 e. The molecule has 1 heterocycles.